The van der Waals surface area contributed by atoms with Gasteiger partial charge in [-0.15, -0.1) is 0 Å². The van der Waals surface area contributed by atoms with Crippen LogP contribution >= 0.6 is 0 Å². The summed E-state index contributed by atoms with van der Waals surface area (Å²) in [5.74, 6) is -0.166. The van der Waals surface area contributed by atoms with Crippen LogP contribution in [0.15, 0.2) is 48.7 Å². The molecule has 0 spiro atoms. The summed E-state index contributed by atoms with van der Waals surface area (Å²) in [7, 11) is 1.85. The zero-order valence-electron chi connectivity index (χ0n) is 15.3. The molecule has 0 bridgehead atoms. The molecule has 3 heterocycles. The Morgan fingerprint density at radius 3 is 2.74 bits per heavy atom. The second-order valence-electron chi connectivity index (χ2n) is 6.62. The summed E-state index contributed by atoms with van der Waals surface area (Å²) in [5.41, 5.74) is 2.34. The molecule has 140 valence electrons. The standard InChI is InChI=1S/C20H23N5O2/c1-24-17-8-3-2-6-15(17)19(23-24)20(26)22-14-18(16-7-4-5-9-21-16)25-10-12-27-13-11-25/h2-9,18H,10-14H2,1H3,(H,22,26)/t18-/m0/s1. The third-order valence-electron chi connectivity index (χ3n) is 4.94. The van der Waals surface area contributed by atoms with E-state index >= 15 is 0 Å². The second kappa shape index (κ2) is 7.85. The molecule has 0 aliphatic carbocycles. The third kappa shape index (κ3) is 3.70. The first-order valence-corrected chi connectivity index (χ1v) is 9.16. The first-order valence-electron chi connectivity index (χ1n) is 9.16. The van der Waals surface area contributed by atoms with E-state index in [-0.39, 0.29) is 11.9 Å². The second-order valence-corrected chi connectivity index (χ2v) is 6.62. The van der Waals surface area contributed by atoms with Crippen LogP contribution < -0.4 is 5.32 Å². The van der Waals surface area contributed by atoms with Gasteiger partial charge in [0.2, 0.25) is 0 Å². The van der Waals surface area contributed by atoms with Crippen molar-refractivity contribution in [2.75, 3.05) is 32.8 Å². The Bertz CT molecular complexity index is 919. The number of morpholine rings is 1. The minimum absolute atomic E-state index is 0.00836. The molecule has 1 N–H and O–H groups in total. The normalized spacial score (nSPS) is 16.3. The summed E-state index contributed by atoms with van der Waals surface area (Å²) in [6.07, 6.45) is 1.79. The summed E-state index contributed by atoms with van der Waals surface area (Å²) in [6, 6.07) is 13.6. The molecular weight excluding hydrogens is 342 g/mol. The van der Waals surface area contributed by atoms with Crippen LogP contribution in [0.3, 0.4) is 0 Å². The number of hydrogen-bond acceptors (Lipinski definition) is 5. The molecule has 3 aromatic rings. The van der Waals surface area contributed by atoms with E-state index in [9.17, 15) is 4.79 Å². The van der Waals surface area contributed by atoms with E-state index in [4.69, 9.17) is 4.74 Å². The number of ether oxygens (including phenoxy) is 1. The molecule has 0 radical (unpaired) electrons. The maximum Gasteiger partial charge on any atom is 0.272 e. The number of fused-ring (bicyclic) bond motifs is 1. The molecule has 1 saturated heterocycles. The number of para-hydroxylation sites is 1. The number of nitrogens with zero attached hydrogens (tertiary/aromatic N) is 4. The summed E-state index contributed by atoms with van der Waals surface area (Å²) < 4.78 is 7.21. The van der Waals surface area contributed by atoms with Gasteiger partial charge < -0.3 is 10.1 Å². The predicted octanol–water partition coefficient (Wildman–Crippen LogP) is 1.77. The minimum Gasteiger partial charge on any atom is -0.379 e. The van der Waals surface area contributed by atoms with E-state index in [0.29, 0.717) is 25.5 Å². The van der Waals surface area contributed by atoms with Gasteiger partial charge in [-0.25, -0.2) is 0 Å². The highest BCUT2D eigenvalue weighted by atomic mass is 16.5. The van der Waals surface area contributed by atoms with Crippen LogP contribution in [0.4, 0.5) is 0 Å². The molecule has 27 heavy (non-hydrogen) atoms. The van der Waals surface area contributed by atoms with E-state index < -0.39 is 0 Å². The fourth-order valence-corrected chi connectivity index (χ4v) is 3.54. The number of aromatic nitrogens is 3. The molecule has 0 unspecified atom stereocenters. The number of carbonyl (C=O) groups excluding carboxylic acids is 1. The Hall–Kier alpha value is -2.77. The Morgan fingerprint density at radius 2 is 1.96 bits per heavy atom. The first-order chi connectivity index (χ1) is 13.2. The number of rotatable bonds is 5. The number of hydrogen-bond donors (Lipinski definition) is 1. The lowest BCUT2D eigenvalue weighted by Gasteiger charge is -2.34. The highest BCUT2D eigenvalue weighted by Crippen LogP contribution is 2.21. The Kier molecular flexibility index (Phi) is 5.13. The van der Waals surface area contributed by atoms with Crippen molar-refractivity contribution in [1.29, 1.82) is 0 Å². The molecule has 1 amide bonds. The van der Waals surface area contributed by atoms with Crippen LogP contribution in [0, 0.1) is 0 Å². The lowest BCUT2D eigenvalue weighted by Crippen LogP contribution is -2.44. The fourth-order valence-electron chi connectivity index (χ4n) is 3.54. The van der Waals surface area contributed by atoms with Crippen molar-refractivity contribution in [2.45, 2.75) is 6.04 Å². The number of benzene rings is 1. The van der Waals surface area contributed by atoms with Crippen molar-refractivity contribution < 1.29 is 9.53 Å². The van der Waals surface area contributed by atoms with Gasteiger partial charge in [0, 0.05) is 38.3 Å². The quantitative estimate of drug-likeness (QED) is 0.746. The van der Waals surface area contributed by atoms with Crippen LogP contribution in [0.1, 0.15) is 22.2 Å². The summed E-state index contributed by atoms with van der Waals surface area (Å²) >= 11 is 0. The van der Waals surface area contributed by atoms with Gasteiger partial charge in [0.25, 0.3) is 5.91 Å². The maximum atomic E-state index is 12.8. The van der Waals surface area contributed by atoms with Crippen LogP contribution in [-0.4, -0.2) is 58.4 Å². The number of carbonyl (C=O) groups is 1. The molecule has 7 heteroatoms. The molecule has 1 aliphatic rings. The van der Waals surface area contributed by atoms with E-state index in [1.165, 1.54) is 0 Å². The predicted molar refractivity (Wildman–Crippen MR) is 102 cm³/mol. The topological polar surface area (TPSA) is 72.3 Å². The van der Waals surface area contributed by atoms with E-state index in [2.05, 4.69) is 20.3 Å². The van der Waals surface area contributed by atoms with Crippen molar-refractivity contribution in [3.05, 3.63) is 60.0 Å². The van der Waals surface area contributed by atoms with Gasteiger partial charge in [-0.3, -0.25) is 19.4 Å². The van der Waals surface area contributed by atoms with Gasteiger partial charge in [0.05, 0.1) is 30.5 Å². The van der Waals surface area contributed by atoms with E-state index in [1.807, 2.05) is 49.5 Å². The summed E-state index contributed by atoms with van der Waals surface area (Å²) in [6.45, 7) is 3.51. The third-order valence-corrected chi connectivity index (χ3v) is 4.94. The van der Waals surface area contributed by atoms with Gasteiger partial charge in [-0.05, 0) is 18.2 Å². The lowest BCUT2D eigenvalue weighted by atomic mass is 10.1. The Balaban J connectivity index is 1.54. The molecule has 4 rings (SSSR count). The van der Waals surface area contributed by atoms with Crippen molar-refractivity contribution in [2.24, 2.45) is 7.05 Å². The minimum atomic E-state index is -0.166. The van der Waals surface area contributed by atoms with Gasteiger partial charge >= 0.3 is 0 Å². The van der Waals surface area contributed by atoms with Crippen molar-refractivity contribution in [3.63, 3.8) is 0 Å². The van der Waals surface area contributed by atoms with Gasteiger partial charge in [0.15, 0.2) is 5.69 Å². The first kappa shape index (κ1) is 17.6. The SMILES string of the molecule is Cn1nc(C(=O)NC[C@@H](c2ccccn2)N2CCOCC2)c2ccccc21. The number of aryl methyl sites for hydroxylation is 1. The van der Waals surface area contributed by atoms with Crippen molar-refractivity contribution >= 4 is 16.8 Å². The lowest BCUT2D eigenvalue weighted by molar-refractivity contribution is 0.0153. The molecular formula is C20H23N5O2. The van der Waals surface area contributed by atoms with Gasteiger partial charge in [-0.2, -0.15) is 5.10 Å². The molecule has 1 aromatic carbocycles. The summed E-state index contributed by atoms with van der Waals surface area (Å²) in [5, 5.41) is 8.33. The van der Waals surface area contributed by atoms with Crippen molar-refractivity contribution in [3.8, 4) is 0 Å². The number of amides is 1. The van der Waals surface area contributed by atoms with Gasteiger partial charge in [-0.1, -0.05) is 24.3 Å². The Labute approximate surface area is 157 Å². The Morgan fingerprint density at radius 1 is 1.19 bits per heavy atom. The van der Waals surface area contributed by atoms with E-state index in [0.717, 1.165) is 29.7 Å². The van der Waals surface area contributed by atoms with Crippen LogP contribution in [0.2, 0.25) is 0 Å². The zero-order chi connectivity index (χ0) is 18.6. The molecule has 1 atom stereocenters. The molecule has 7 nitrogen and oxygen atoms in total. The molecule has 1 aliphatic heterocycles. The molecule has 1 fully saturated rings. The average molecular weight is 365 g/mol. The molecule has 0 saturated carbocycles. The number of pyridine rings is 1. The van der Waals surface area contributed by atoms with Crippen LogP contribution in [0.5, 0.6) is 0 Å². The van der Waals surface area contributed by atoms with Gasteiger partial charge in [0.1, 0.15) is 0 Å². The zero-order valence-corrected chi connectivity index (χ0v) is 15.3. The van der Waals surface area contributed by atoms with Crippen molar-refractivity contribution in [1.82, 2.24) is 25.0 Å². The van der Waals surface area contributed by atoms with Crippen LogP contribution in [0.25, 0.3) is 10.9 Å². The number of nitrogens with one attached hydrogen (secondary N) is 1. The highest BCUT2D eigenvalue weighted by Gasteiger charge is 2.25. The highest BCUT2D eigenvalue weighted by molar-refractivity contribution is 6.04. The van der Waals surface area contributed by atoms with Crippen LogP contribution in [-0.2, 0) is 11.8 Å². The monoisotopic (exact) mass is 365 g/mol. The average Bonchev–Trinajstić information content (AvgIpc) is 3.07. The largest absolute Gasteiger partial charge is 0.379 e. The fraction of sp³-hybridized carbons (Fsp3) is 0.350. The summed E-state index contributed by atoms with van der Waals surface area (Å²) in [4.78, 5) is 19.7. The smallest absolute Gasteiger partial charge is 0.272 e. The van der Waals surface area contributed by atoms with E-state index in [1.54, 1.807) is 10.9 Å². The molecule has 2 aromatic heterocycles. The maximum absolute atomic E-state index is 12.8.